The van der Waals surface area contributed by atoms with E-state index in [2.05, 4.69) is 5.10 Å². The van der Waals surface area contributed by atoms with E-state index in [1.165, 1.54) is 25.1 Å². The molecular formula is C16H11Cl2N3O4. The third-order valence-electron chi connectivity index (χ3n) is 3.54. The van der Waals surface area contributed by atoms with Gasteiger partial charge in [0.1, 0.15) is 5.56 Å². The molecule has 3 rings (SSSR count). The van der Waals surface area contributed by atoms with Crippen molar-refractivity contribution in [2.24, 2.45) is 5.10 Å². The zero-order chi connectivity index (χ0) is 18.1. The molecule has 0 N–H and O–H groups in total. The van der Waals surface area contributed by atoms with Crippen molar-refractivity contribution < 1.29 is 14.5 Å². The maximum absolute atomic E-state index is 12.0. The van der Waals surface area contributed by atoms with Gasteiger partial charge < -0.3 is 4.74 Å². The molecule has 1 aliphatic rings. The highest BCUT2D eigenvalue weighted by molar-refractivity contribution is 6.36. The number of amides is 1. The van der Waals surface area contributed by atoms with Gasteiger partial charge in [-0.15, -0.1) is 5.10 Å². The fourth-order valence-corrected chi connectivity index (χ4v) is 3.01. The number of nitrogens with zero attached hydrogens (tertiary/aromatic N) is 3. The van der Waals surface area contributed by atoms with Gasteiger partial charge in [0.05, 0.1) is 20.5 Å². The summed E-state index contributed by atoms with van der Waals surface area (Å²) in [5, 5.41) is 17.0. The van der Waals surface area contributed by atoms with Gasteiger partial charge in [0.15, 0.2) is 0 Å². The van der Waals surface area contributed by atoms with Gasteiger partial charge in [-0.05, 0) is 18.2 Å². The standard InChI is InChI=1S/C16H11Cl2N3O4/c1-9(22)20-16(14-11(17)6-4-7-12(14)18)25-15(19-20)10-5-2-3-8-13(10)21(23)24/h2-8,16H,1H3/t16-/m0/s1. The minimum atomic E-state index is -1.01. The van der Waals surface area contributed by atoms with Crippen LogP contribution in [0.3, 0.4) is 0 Å². The molecule has 1 aliphatic heterocycles. The van der Waals surface area contributed by atoms with Crippen molar-refractivity contribution in [2.75, 3.05) is 0 Å². The number of ether oxygens (including phenoxy) is 1. The average molecular weight is 380 g/mol. The fourth-order valence-electron chi connectivity index (χ4n) is 2.42. The minimum Gasteiger partial charge on any atom is -0.445 e. The Hall–Kier alpha value is -2.64. The molecule has 128 valence electrons. The summed E-state index contributed by atoms with van der Waals surface area (Å²) in [4.78, 5) is 22.6. The van der Waals surface area contributed by atoms with Gasteiger partial charge in [-0.25, -0.2) is 0 Å². The van der Waals surface area contributed by atoms with Crippen molar-refractivity contribution in [2.45, 2.75) is 13.2 Å². The second-order valence-electron chi connectivity index (χ2n) is 5.15. The monoisotopic (exact) mass is 379 g/mol. The summed E-state index contributed by atoms with van der Waals surface area (Å²) in [6, 6.07) is 10.8. The first-order valence-electron chi connectivity index (χ1n) is 7.13. The first-order chi connectivity index (χ1) is 11.9. The molecule has 9 heteroatoms. The van der Waals surface area contributed by atoms with Crippen LogP contribution < -0.4 is 0 Å². The lowest BCUT2D eigenvalue weighted by Gasteiger charge is -2.21. The van der Waals surface area contributed by atoms with Crippen LogP contribution in [0.2, 0.25) is 10.0 Å². The highest BCUT2D eigenvalue weighted by Gasteiger charge is 2.37. The summed E-state index contributed by atoms with van der Waals surface area (Å²) in [6.45, 7) is 1.30. The molecule has 2 aromatic rings. The van der Waals surface area contributed by atoms with Crippen LogP contribution in [-0.2, 0) is 9.53 Å². The fraction of sp³-hybridized carbons (Fsp3) is 0.125. The molecule has 2 aromatic carbocycles. The number of hydrogen-bond donors (Lipinski definition) is 0. The van der Waals surface area contributed by atoms with Crippen molar-refractivity contribution in [3.05, 3.63) is 73.8 Å². The van der Waals surface area contributed by atoms with E-state index in [4.69, 9.17) is 27.9 Å². The number of carbonyl (C=O) groups excluding carboxylic acids is 1. The van der Waals surface area contributed by atoms with Gasteiger partial charge in [-0.2, -0.15) is 5.01 Å². The molecule has 1 heterocycles. The van der Waals surface area contributed by atoms with Crippen molar-refractivity contribution in [3.8, 4) is 0 Å². The molecule has 1 atom stereocenters. The largest absolute Gasteiger partial charge is 0.445 e. The number of nitro groups is 1. The molecule has 0 aromatic heterocycles. The second kappa shape index (κ2) is 6.70. The third-order valence-corrected chi connectivity index (χ3v) is 4.20. The quantitative estimate of drug-likeness (QED) is 0.592. The van der Waals surface area contributed by atoms with E-state index in [0.29, 0.717) is 15.6 Å². The average Bonchev–Trinajstić information content (AvgIpc) is 2.99. The number of hydrazone groups is 1. The van der Waals surface area contributed by atoms with Crippen LogP contribution >= 0.6 is 23.2 Å². The van der Waals surface area contributed by atoms with E-state index in [1.807, 2.05) is 0 Å². The molecule has 0 aliphatic carbocycles. The molecule has 0 fully saturated rings. The van der Waals surface area contributed by atoms with Crippen LogP contribution in [-0.4, -0.2) is 21.7 Å². The molecular weight excluding hydrogens is 369 g/mol. The Labute approximate surface area is 152 Å². The van der Waals surface area contributed by atoms with Gasteiger partial charge in [0, 0.05) is 13.0 Å². The maximum Gasteiger partial charge on any atom is 0.282 e. The van der Waals surface area contributed by atoms with Crippen LogP contribution in [0.5, 0.6) is 0 Å². The smallest absolute Gasteiger partial charge is 0.282 e. The van der Waals surface area contributed by atoms with Gasteiger partial charge in [0.25, 0.3) is 5.69 Å². The van der Waals surface area contributed by atoms with Crippen LogP contribution in [0.25, 0.3) is 0 Å². The summed E-state index contributed by atoms with van der Waals surface area (Å²) >= 11 is 12.4. The van der Waals surface area contributed by atoms with Gasteiger partial charge in [-0.3, -0.25) is 14.9 Å². The van der Waals surface area contributed by atoms with Crippen LogP contribution in [0.15, 0.2) is 47.6 Å². The SMILES string of the molecule is CC(=O)N1N=C(c2ccccc2[N+](=O)[O-])O[C@H]1c1c(Cl)cccc1Cl. The molecule has 0 bridgehead atoms. The molecule has 0 radical (unpaired) electrons. The summed E-state index contributed by atoms with van der Waals surface area (Å²) in [5.74, 6) is -0.474. The van der Waals surface area contributed by atoms with E-state index in [1.54, 1.807) is 24.3 Å². The number of para-hydroxylation sites is 1. The van der Waals surface area contributed by atoms with Gasteiger partial charge in [-0.1, -0.05) is 41.4 Å². The summed E-state index contributed by atoms with van der Waals surface area (Å²) in [5.41, 5.74) is 0.332. The number of rotatable bonds is 3. The van der Waals surface area contributed by atoms with Crippen LogP contribution in [0.1, 0.15) is 24.3 Å². The van der Waals surface area contributed by atoms with Crippen molar-refractivity contribution >= 4 is 40.7 Å². The Morgan fingerprint density at radius 1 is 1.20 bits per heavy atom. The first kappa shape index (κ1) is 17.2. The molecule has 25 heavy (non-hydrogen) atoms. The highest BCUT2D eigenvalue weighted by Crippen LogP contribution is 2.39. The summed E-state index contributed by atoms with van der Waals surface area (Å²) in [6.07, 6.45) is -1.01. The predicted molar refractivity (Wildman–Crippen MR) is 92.4 cm³/mol. The number of benzene rings is 2. The Balaban J connectivity index is 2.08. The topological polar surface area (TPSA) is 85.0 Å². The second-order valence-corrected chi connectivity index (χ2v) is 5.96. The molecule has 0 spiro atoms. The third kappa shape index (κ3) is 3.16. The van der Waals surface area contributed by atoms with Crippen LogP contribution in [0, 0.1) is 10.1 Å². The van der Waals surface area contributed by atoms with E-state index < -0.39 is 17.1 Å². The zero-order valence-corrected chi connectivity index (χ0v) is 14.4. The Kier molecular flexibility index (Phi) is 4.61. The predicted octanol–water partition coefficient (Wildman–Crippen LogP) is 4.14. The number of nitro benzene ring substituents is 1. The minimum absolute atomic E-state index is 0.0523. The number of halogens is 2. The molecule has 0 saturated heterocycles. The summed E-state index contributed by atoms with van der Waals surface area (Å²) in [7, 11) is 0. The Bertz CT molecular complexity index is 880. The first-order valence-corrected chi connectivity index (χ1v) is 7.88. The van der Waals surface area contributed by atoms with E-state index in [9.17, 15) is 14.9 Å². The van der Waals surface area contributed by atoms with Crippen molar-refractivity contribution in [3.63, 3.8) is 0 Å². The van der Waals surface area contributed by atoms with E-state index >= 15 is 0 Å². The van der Waals surface area contributed by atoms with E-state index in [0.717, 1.165) is 5.01 Å². The highest BCUT2D eigenvalue weighted by atomic mass is 35.5. The number of hydrogen-bond acceptors (Lipinski definition) is 5. The molecule has 1 amide bonds. The molecule has 7 nitrogen and oxygen atoms in total. The lowest BCUT2D eigenvalue weighted by atomic mass is 10.1. The van der Waals surface area contributed by atoms with Crippen LogP contribution in [0.4, 0.5) is 5.69 Å². The zero-order valence-electron chi connectivity index (χ0n) is 12.8. The van der Waals surface area contributed by atoms with Gasteiger partial charge in [0.2, 0.25) is 18.0 Å². The Morgan fingerprint density at radius 2 is 1.84 bits per heavy atom. The van der Waals surface area contributed by atoms with Gasteiger partial charge >= 0.3 is 0 Å². The van der Waals surface area contributed by atoms with Crippen molar-refractivity contribution in [1.29, 1.82) is 0 Å². The van der Waals surface area contributed by atoms with Crippen molar-refractivity contribution in [1.82, 2.24) is 5.01 Å². The number of carbonyl (C=O) groups is 1. The van der Waals surface area contributed by atoms with E-state index in [-0.39, 0.29) is 17.1 Å². The molecule has 0 saturated carbocycles. The lowest BCUT2D eigenvalue weighted by molar-refractivity contribution is -0.385. The Morgan fingerprint density at radius 3 is 2.44 bits per heavy atom. The normalized spacial score (nSPS) is 16.4. The maximum atomic E-state index is 12.0. The lowest BCUT2D eigenvalue weighted by Crippen LogP contribution is -2.25. The molecule has 0 unspecified atom stereocenters. The summed E-state index contributed by atoms with van der Waals surface area (Å²) < 4.78 is 5.74.